The molecule has 0 bridgehead atoms. The van der Waals surface area contributed by atoms with E-state index in [1.807, 2.05) is 30.3 Å². The zero-order chi connectivity index (χ0) is 24.6. The predicted molar refractivity (Wildman–Crippen MR) is 127 cm³/mol. The number of esters is 1. The summed E-state index contributed by atoms with van der Waals surface area (Å²) in [6, 6.07) is 28.5. The van der Waals surface area contributed by atoms with Crippen molar-refractivity contribution in [2.75, 3.05) is 0 Å². The number of carboxylic acid groups (broad SMARTS) is 1. The van der Waals surface area contributed by atoms with E-state index >= 15 is 0 Å². The molecule has 0 heterocycles. The van der Waals surface area contributed by atoms with Crippen LogP contribution in [0.1, 0.15) is 26.3 Å². The minimum Gasteiger partial charge on any atom is -0.478 e. The highest BCUT2D eigenvalue weighted by molar-refractivity contribution is 5.91. The van der Waals surface area contributed by atoms with Crippen LogP contribution in [-0.2, 0) is 11.3 Å². The van der Waals surface area contributed by atoms with Gasteiger partial charge < -0.3 is 19.3 Å². The third-order valence-corrected chi connectivity index (χ3v) is 5.02. The lowest BCUT2D eigenvalue weighted by Gasteiger charge is -2.08. The molecular formula is C28H20O7. The van der Waals surface area contributed by atoms with Crippen molar-refractivity contribution in [2.45, 2.75) is 6.61 Å². The van der Waals surface area contributed by atoms with Gasteiger partial charge >= 0.3 is 18.1 Å². The van der Waals surface area contributed by atoms with E-state index in [1.165, 1.54) is 36.4 Å². The average molecular weight is 468 g/mol. The molecule has 0 amide bonds. The highest BCUT2D eigenvalue weighted by atomic mass is 16.7. The number of aromatic carboxylic acids is 1. The molecule has 7 heteroatoms. The van der Waals surface area contributed by atoms with Crippen LogP contribution in [0.5, 0.6) is 11.5 Å². The Kier molecular flexibility index (Phi) is 7.18. The SMILES string of the molecule is O=C(OCc1ccccc1)Oc1ccc(C(=O)Oc2ccc(-c3ccc(C(=O)O)cc3)cc2)cc1. The highest BCUT2D eigenvalue weighted by Crippen LogP contribution is 2.24. The van der Waals surface area contributed by atoms with E-state index in [9.17, 15) is 14.4 Å². The van der Waals surface area contributed by atoms with E-state index in [4.69, 9.17) is 19.3 Å². The predicted octanol–water partition coefficient (Wildman–Crippen LogP) is 5.99. The molecule has 4 rings (SSSR count). The summed E-state index contributed by atoms with van der Waals surface area (Å²) in [5.74, 6) is -0.966. The second-order valence-electron chi connectivity index (χ2n) is 7.45. The molecular weight excluding hydrogens is 448 g/mol. The number of carbonyl (C=O) groups is 3. The van der Waals surface area contributed by atoms with Crippen molar-refractivity contribution in [3.8, 4) is 22.6 Å². The van der Waals surface area contributed by atoms with Gasteiger partial charge in [-0.1, -0.05) is 54.6 Å². The normalized spacial score (nSPS) is 10.3. The summed E-state index contributed by atoms with van der Waals surface area (Å²) in [6.45, 7) is 0.0938. The van der Waals surface area contributed by atoms with Gasteiger partial charge in [-0.2, -0.15) is 0 Å². The molecule has 174 valence electrons. The first kappa shape index (κ1) is 23.3. The van der Waals surface area contributed by atoms with Gasteiger partial charge in [0.25, 0.3) is 0 Å². The molecule has 7 nitrogen and oxygen atoms in total. The Bertz CT molecular complexity index is 1310. The highest BCUT2D eigenvalue weighted by Gasteiger charge is 2.12. The maximum absolute atomic E-state index is 12.5. The Morgan fingerprint density at radius 2 is 1.11 bits per heavy atom. The lowest BCUT2D eigenvalue weighted by molar-refractivity contribution is 0.0694. The summed E-state index contributed by atoms with van der Waals surface area (Å²) in [5, 5.41) is 9.00. The van der Waals surface area contributed by atoms with Crippen molar-refractivity contribution in [3.05, 3.63) is 120 Å². The molecule has 4 aromatic carbocycles. The van der Waals surface area contributed by atoms with Crippen LogP contribution >= 0.6 is 0 Å². The van der Waals surface area contributed by atoms with Crippen LogP contribution in [0.15, 0.2) is 103 Å². The molecule has 0 aromatic heterocycles. The fourth-order valence-electron chi connectivity index (χ4n) is 3.19. The summed E-state index contributed by atoms with van der Waals surface area (Å²) >= 11 is 0. The van der Waals surface area contributed by atoms with Gasteiger partial charge in [0, 0.05) is 0 Å². The number of carboxylic acids is 1. The molecule has 0 aliphatic rings. The van der Waals surface area contributed by atoms with Crippen LogP contribution in [0, 0.1) is 0 Å². The lowest BCUT2D eigenvalue weighted by Crippen LogP contribution is -2.11. The number of carbonyl (C=O) groups excluding carboxylic acids is 2. The maximum Gasteiger partial charge on any atom is 0.514 e. The maximum atomic E-state index is 12.5. The molecule has 0 aliphatic heterocycles. The van der Waals surface area contributed by atoms with Crippen molar-refractivity contribution in [1.29, 1.82) is 0 Å². The third-order valence-electron chi connectivity index (χ3n) is 5.02. The summed E-state index contributed by atoms with van der Waals surface area (Å²) in [7, 11) is 0. The van der Waals surface area contributed by atoms with E-state index in [0.29, 0.717) is 5.75 Å². The van der Waals surface area contributed by atoms with E-state index in [2.05, 4.69) is 0 Å². The number of hydrogen-bond donors (Lipinski definition) is 1. The molecule has 0 spiro atoms. The van der Waals surface area contributed by atoms with E-state index in [1.54, 1.807) is 36.4 Å². The Balaban J connectivity index is 1.30. The van der Waals surface area contributed by atoms with Crippen molar-refractivity contribution in [3.63, 3.8) is 0 Å². The zero-order valence-electron chi connectivity index (χ0n) is 18.4. The van der Waals surface area contributed by atoms with Crippen molar-refractivity contribution >= 4 is 18.1 Å². The minimum absolute atomic E-state index is 0.0938. The van der Waals surface area contributed by atoms with Gasteiger partial charge in [-0.05, 0) is 65.2 Å². The Labute approximate surface area is 201 Å². The smallest absolute Gasteiger partial charge is 0.478 e. The molecule has 4 aromatic rings. The van der Waals surface area contributed by atoms with Gasteiger partial charge in [-0.25, -0.2) is 14.4 Å². The van der Waals surface area contributed by atoms with E-state index < -0.39 is 18.1 Å². The van der Waals surface area contributed by atoms with Gasteiger partial charge in [-0.3, -0.25) is 0 Å². The Morgan fingerprint density at radius 3 is 1.71 bits per heavy atom. The van der Waals surface area contributed by atoms with E-state index in [-0.39, 0.29) is 23.5 Å². The molecule has 0 saturated heterocycles. The molecule has 0 fully saturated rings. The fourth-order valence-corrected chi connectivity index (χ4v) is 3.19. The second-order valence-corrected chi connectivity index (χ2v) is 7.45. The molecule has 1 N–H and O–H groups in total. The van der Waals surface area contributed by atoms with Gasteiger partial charge in [0.05, 0.1) is 11.1 Å². The summed E-state index contributed by atoms with van der Waals surface area (Å²) < 4.78 is 15.6. The number of ether oxygens (including phenoxy) is 3. The van der Waals surface area contributed by atoms with Crippen LogP contribution in [0.4, 0.5) is 4.79 Å². The molecule has 0 aliphatic carbocycles. The van der Waals surface area contributed by atoms with Crippen LogP contribution < -0.4 is 9.47 Å². The zero-order valence-corrected chi connectivity index (χ0v) is 18.4. The lowest BCUT2D eigenvalue weighted by atomic mass is 10.0. The van der Waals surface area contributed by atoms with Crippen molar-refractivity contribution < 1.29 is 33.7 Å². The summed E-state index contributed by atoms with van der Waals surface area (Å²) in [6.07, 6.45) is -0.845. The van der Waals surface area contributed by atoms with Crippen molar-refractivity contribution in [1.82, 2.24) is 0 Å². The van der Waals surface area contributed by atoms with Crippen molar-refractivity contribution in [2.24, 2.45) is 0 Å². The number of hydrogen-bond acceptors (Lipinski definition) is 6. The van der Waals surface area contributed by atoms with Gasteiger partial charge in [0.1, 0.15) is 18.1 Å². The Morgan fingerprint density at radius 1 is 0.600 bits per heavy atom. The molecule has 0 radical (unpaired) electrons. The van der Waals surface area contributed by atoms with Crippen LogP contribution in [0.3, 0.4) is 0 Å². The van der Waals surface area contributed by atoms with Gasteiger partial charge in [0.2, 0.25) is 0 Å². The van der Waals surface area contributed by atoms with Crippen LogP contribution in [0.2, 0.25) is 0 Å². The fraction of sp³-hybridized carbons (Fsp3) is 0.0357. The standard InChI is InChI=1S/C28H20O7/c29-26(30)22-8-6-20(7-9-22)21-10-14-24(15-11-21)34-27(31)23-12-16-25(17-13-23)35-28(32)33-18-19-4-2-1-3-5-19/h1-17H,18H2,(H,29,30). The van der Waals surface area contributed by atoms with Crippen LogP contribution in [0.25, 0.3) is 11.1 Å². The summed E-state index contributed by atoms with van der Waals surface area (Å²) in [4.78, 5) is 35.3. The number of benzene rings is 4. The molecule has 35 heavy (non-hydrogen) atoms. The van der Waals surface area contributed by atoms with E-state index in [0.717, 1.165) is 16.7 Å². The summed E-state index contributed by atoms with van der Waals surface area (Å²) in [5.41, 5.74) is 3.02. The first-order valence-corrected chi connectivity index (χ1v) is 10.6. The first-order chi connectivity index (χ1) is 17.0. The van der Waals surface area contributed by atoms with Gasteiger partial charge in [-0.15, -0.1) is 0 Å². The average Bonchev–Trinajstić information content (AvgIpc) is 2.89. The van der Waals surface area contributed by atoms with Crippen LogP contribution in [-0.4, -0.2) is 23.2 Å². The monoisotopic (exact) mass is 468 g/mol. The quantitative estimate of drug-likeness (QED) is 0.202. The largest absolute Gasteiger partial charge is 0.514 e. The molecule has 0 unspecified atom stereocenters. The molecule has 0 saturated carbocycles. The third kappa shape index (κ3) is 6.33. The first-order valence-electron chi connectivity index (χ1n) is 10.6. The minimum atomic E-state index is -0.985. The van der Waals surface area contributed by atoms with Gasteiger partial charge in [0.15, 0.2) is 0 Å². The molecule has 0 atom stereocenters. The second kappa shape index (κ2) is 10.8. The Hall–Kier alpha value is -4.91. The topological polar surface area (TPSA) is 99.1 Å². The number of rotatable bonds is 7.